The van der Waals surface area contributed by atoms with Gasteiger partial charge in [0.05, 0.1) is 13.2 Å². The van der Waals surface area contributed by atoms with Crippen molar-refractivity contribution in [3.63, 3.8) is 0 Å². The third kappa shape index (κ3) is 4.23. The fourth-order valence-corrected chi connectivity index (χ4v) is 8.87. The molecule has 0 bridgehead atoms. The Morgan fingerprint density at radius 3 is 2.58 bits per heavy atom. The third-order valence-electron chi connectivity index (χ3n) is 10.7. The number of ketones is 1. The van der Waals surface area contributed by atoms with Gasteiger partial charge >= 0.3 is 0 Å². The minimum atomic E-state index is -0.281. The summed E-state index contributed by atoms with van der Waals surface area (Å²) in [5.41, 5.74) is 0.267. The molecule has 5 rings (SSSR count). The van der Waals surface area contributed by atoms with E-state index in [2.05, 4.69) is 33.0 Å². The lowest BCUT2D eigenvalue weighted by Gasteiger charge is -2.61. The first-order chi connectivity index (χ1) is 15.8. The van der Waals surface area contributed by atoms with Crippen molar-refractivity contribution in [3.8, 4) is 0 Å². The van der Waals surface area contributed by atoms with Crippen LogP contribution in [0.1, 0.15) is 91.9 Å². The van der Waals surface area contributed by atoms with Crippen molar-refractivity contribution in [2.75, 3.05) is 26.4 Å². The highest BCUT2D eigenvalue weighted by atomic mass is 16.7. The molecule has 0 amide bonds. The van der Waals surface area contributed by atoms with E-state index in [-0.39, 0.29) is 17.4 Å². The summed E-state index contributed by atoms with van der Waals surface area (Å²) >= 11 is 0. The van der Waals surface area contributed by atoms with E-state index in [1.54, 1.807) is 0 Å². The van der Waals surface area contributed by atoms with E-state index < -0.39 is 0 Å². The lowest BCUT2D eigenvalue weighted by Crippen LogP contribution is -2.56. The number of hydrogen-bond acceptors (Lipinski definition) is 5. The predicted octanol–water partition coefficient (Wildman–Crippen LogP) is 5.32. The van der Waals surface area contributed by atoms with Crippen LogP contribution >= 0.6 is 0 Å². The molecule has 5 nitrogen and oxygen atoms in total. The lowest BCUT2D eigenvalue weighted by atomic mass is 9.44. The number of nitrogens with one attached hydrogen (secondary N) is 1. The first kappa shape index (κ1) is 24.2. The first-order valence-electron chi connectivity index (χ1n) is 13.9. The Balaban J connectivity index is 1.25. The zero-order valence-corrected chi connectivity index (χ0v) is 21.5. The van der Waals surface area contributed by atoms with Gasteiger partial charge in [0, 0.05) is 31.3 Å². The molecule has 5 fully saturated rings. The van der Waals surface area contributed by atoms with Crippen LogP contribution in [0.2, 0.25) is 0 Å². The quantitative estimate of drug-likeness (QED) is 0.520. The molecule has 1 spiro atoms. The van der Waals surface area contributed by atoms with Crippen LogP contribution in [0.4, 0.5) is 0 Å². The average molecular weight is 462 g/mol. The normalized spacial score (nSPS) is 42.9. The maximum Gasteiger partial charge on any atom is 0.168 e. The molecule has 1 N–H and O–H groups in total. The first-order valence-corrected chi connectivity index (χ1v) is 13.9. The Morgan fingerprint density at radius 1 is 1.03 bits per heavy atom. The maximum absolute atomic E-state index is 13.3. The summed E-state index contributed by atoms with van der Waals surface area (Å²) in [5, 5.41) is 3.46. The fraction of sp³-hybridized carbons (Fsp3) is 0.964. The van der Waals surface area contributed by atoms with Gasteiger partial charge in [0.1, 0.15) is 12.0 Å². The van der Waals surface area contributed by atoms with Crippen LogP contribution in [0.25, 0.3) is 0 Å². The minimum Gasteiger partial charge on any atom is -0.364 e. The van der Waals surface area contributed by atoms with Gasteiger partial charge < -0.3 is 14.2 Å². The summed E-state index contributed by atoms with van der Waals surface area (Å²) in [6, 6.07) is 0. The van der Waals surface area contributed by atoms with Gasteiger partial charge in [-0.05, 0) is 93.4 Å². The average Bonchev–Trinajstić information content (AvgIpc) is 3.38. The predicted molar refractivity (Wildman–Crippen MR) is 129 cm³/mol. The van der Waals surface area contributed by atoms with Gasteiger partial charge in [-0.2, -0.15) is 0 Å². The molecule has 6 unspecified atom stereocenters. The van der Waals surface area contributed by atoms with Crippen LogP contribution in [-0.4, -0.2) is 44.2 Å². The van der Waals surface area contributed by atoms with Crippen LogP contribution in [0.5, 0.6) is 0 Å². The monoisotopic (exact) mass is 461 g/mol. The van der Waals surface area contributed by atoms with E-state index in [1.807, 2.05) is 0 Å². The van der Waals surface area contributed by atoms with Gasteiger partial charge in [0.25, 0.3) is 0 Å². The van der Waals surface area contributed by atoms with Crippen LogP contribution in [0, 0.1) is 40.4 Å². The highest BCUT2D eigenvalue weighted by molar-refractivity contribution is 5.87. The van der Waals surface area contributed by atoms with Crippen molar-refractivity contribution in [2.24, 2.45) is 40.4 Å². The van der Waals surface area contributed by atoms with Gasteiger partial charge in [0.2, 0.25) is 0 Å². The maximum atomic E-state index is 13.3. The summed E-state index contributed by atoms with van der Waals surface area (Å²) in [7, 11) is 0. The molecule has 4 aliphatic carbocycles. The second kappa shape index (κ2) is 9.19. The Labute approximate surface area is 201 Å². The zero-order chi connectivity index (χ0) is 23.3. The van der Waals surface area contributed by atoms with Gasteiger partial charge in [0.15, 0.2) is 5.79 Å². The number of Topliss-reactive ketones (excluding diaryl/α,β-unsaturated/α-hetero) is 1. The SMILES string of the molecule is CC(C)CNC(C)OCC[C@]12CCC3C(CCC4CC5(CCC43C)OCCO5)C1CCC2=O. The van der Waals surface area contributed by atoms with Crippen molar-refractivity contribution in [1.82, 2.24) is 5.32 Å². The van der Waals surface area contributed by atoms with Crippen molar-refractivity contribution in [2.45, 2.75) is 104 Å². The third-order valence-corrected chi connectivity index (χ3v) is 10.7. The minimum absolute atomic E-state index is 0.0547. The molecule has 1 heterocycles. The standard InChI is InChI=1S/C28H47NO4/c1-19(2)18-29-20(3)31-14-13-27-10-9-23-22(24(27)7-8-25(27)30)6-5-21-17-28(32-15-16-33-28)12-11-26(21,23)4/h19-24,29H,5-18H2,1-4H3/t20?,21?,22?,23?,24?,26?,27-/m1/s1. The van der Waals surface area contributed by atoms with Gasteiger partial charge in [-0.15, -0.1) is 0 Å². The molecular formula is C28H47NO4. The number of carbonyl (C=O) groups is 1. The number of ether oxygens (including phenoxy) is 3. The molecule has 0 aromatic rings. The molecule has 0 radical (unpaired) electrons. The van der Waals surface area contributed by atoms with Crippen LogP contribution in [-0.2, 0) is 19.0 Å². The molecule has 188 valence electrons. The van der Waals surface area contributed by atoms with Crippen molar-refractivity contribution in [3.05, 3.63) is 0 Å². The summed E-state index contributed by atoms with van der Waals surface area (Å²) in [6.07, 6.45) is 11.1. The molecule has 4 saturated carbocycles. The zero-order valence-electron chi connectivity index (χ0n) is 21.5. The smallest absolute Gasteiger partial charge is 0.168 e. The van der Waals surface area contributed by atoms with E-state index in [0.717, 1.165) is 64.2 Å². The second-order valence-corrected chi connectivity index (χ2v) is 12.7. The molecule has 0 aromatic carbocycles. The summed E-state index contributed by atoms with van der Waals surface area (Å²) in [6.45, 7) is 12.3. The molecule has 5 heteroatoms. The largest absolute Gasteiger partial charge is 0.364 e. The van der Waals surface area contributed by atoms with Crippen molar-refractivity contribution >= 4 is 5.78 Å². The van der Waals surface area contributed by atoms with E-state index in [1.165, 1.54) is 25.7 Å². The fourth-order valence-electron chi connectivity index (χ4n) is 8.87. The van der Waals surface area contributed by atoms with Gasteiger partial charge in [-0.25, -0.2) is 0 Å². The molecule has 1 saturated heterocycles. The van der Waals surface area contributed by atoms with Gasteiger partial charge in [-0.1, -0.05) is 20.8 Å². The van der Waals surface area contributed by atoms with E-state index in [4.69, 9.17) is 14.2 Å². The van der Waals surface area contributed by atoms with Crippen LogP contribution in [0.15, 0.2) is 0 Å². The molecule has 0 aromatic heterocycles. The van der Waals surface area contributed by atoms with E-state index in [0.29, 0.717) is 41.5 Å². The summed E-state index contributed by atoms with van der Waals surface area (Å²) in [4.78, 5) is 13.3. The molecule has 5 aliphatic rings. The molecule has 7 atom stereocenters. The number of carbonyl (C=O) groups excluding carboxylic acids is 1. The number of hydrogen-bond donors (Lipinski definition) is 1. The van der Waals surface area contributed by atoms with Crippen molar-refractivity contribution < 1.29 is 19.0 Å². The number of fused-ring (bicyclic) bond motifs is 5. The Morgan fingerprint density at radius 2 is 1.82 bits per heavy atom. The topological polar surface area (TPSA) is 56.8 Å². The van der Waals surface area contributed by atoms with E-state index >= 15 is 0 Å². The Hall–Kier alpha value is -0.490. The van der Waals surface area contributed by atoms with Crippen LogP contribution < -0.4 is 5.32 Å². The second-order valence-electron chi connectivity index (χ2n) is 12.7. The molecule has 33 heavy (non-hydrogen) atoms. The van der Waals surface area contributed by atoms with Crippen LogP contribution in [0.3, 0.4) is 0 Å². The summed E-state index contributed by atoms with van der Waals surface area (Å²) < 4.78 is 18.4. The number of rotatable bonds is 7. The molecular weight excluding hydrogens is 414 g/mol. The van der Waals surface area contributed by atoms with Gasteiger partial charge in [-0.3, -0.25) is 10.1 Å². The van der Waals surface area contributed by atoms with Crippen molar-refractivity contribution in [1.29, 1.82) is 0 Å². The highest BCUT2D eigenvalue weighted by Gasteiger charge is 2.63. The lowest BCUT2D eigenvalue weighted by molar-refractivity contribution is -0.229. The Bertz CT molecular complexity index is 719. The van der Waals surface area contributed by atoms with E-state index in [9.17, 15) is 4.79 Å². The highest BCUT2D eigenvalue weighted by Crippen LogP contribution is 2.67. The molecule has 1 aliphatic heterocycles. The Kier molecular flexibility index (Phi) is 6.74. The summed E-state index contributed by atoms with van der Waals surface area (Å²) in [5.74, 6) is 3.61.